The molecule has 4 rings (SSSR count). The summed E-state index contributed by atoms with van der Waals surface area (Å²) in [5.41, 5.74) is 2.44. The number of hydrogen-bond acceptors (Lipinski definition) is 4. The van der Waals surface area contributed by atoms with Gasteiger partial charge in [-0.15, -0.1) is 11.3 Å². The third-order valence-electron chi connectivity index (χ3n) is 3.58. The van der Waals surface area contributed by atoms with E-state index in [0.717, 1.165) is 16.0 Å². The molecule has 1 saturated carbocycles. The Kier molecular flexibility index (Phi) is 2.48. The Morgan fingerprint density at radius 2 is 2.00 bits per heavy atom. The lowest BCUT2D eigenvalue weighted by molar-refractivity contribution is 1.03. The van der Waals surface area contributed by atoms with Crippen LogP contribution in [-0.4, -0.2) is 16.0 Å². The Labute approximate surface area is 115 Å². The van der Waals surface area contributed by atoms with E-state index in [1.54, 1.807) is 17.7 Å². The monoisotopic (exact) mass is 267 g/mol. The van der Waals surface area contributed by atoms with E-state index in [-0.39, 0.29) is 0 Å². The van der Waals surface area contributed by atoms with Crippen LogP contribution in [0.15, 0.2) is 48.1 Å². The van der Waals surface area contributed by atoms with Crippen LogP contribution in [0.25, 0.3) is 10.2 Å². The fourth-order valence-electron chi connectivity index (χ4n) is 2.49. The first-order valence-electron chi connectivity index (χ1n) is 6.41. The van der Waals surface area contributed by atoms with Gasteiger partial charge in [0.2, 0.25) is 0 Å². The Hall–Kier alpha value is -1.94. The van der Waals surface area contributed by atoms with Gasteiger partial charge in [-0.2, -0.15) is 0 Å². The van der Waals surface area contributed by atoms with Crippen molar-refractivity contribution in [3.8, 4) is 0 Å². The number of hydrogen-bond donors (Lipinski definition) is 1. The van der Waals surface area contributed by atoms with Crippen LogP contribution in [0.5, 0.6) is 0 Å². The number of fused-ring (bicyclic) bond motifs is 1. The van der Waals surface area contributed by atoms with Crippen LogP contribution in [0.4, 0.5) is 5.82 Å². The highest BCUT2D eigenvalue weighted by atomic mass is 32.1. The fourth-order valence-corrected chi connectivity index (χ4v) is 3.29. The fraction of sp³-hybridized carbons (Fsp3) is 0.200. The van der Waals surface area contributed by atoms with E-state index in [1.165, 1.54) is 12.0 Å². The van der Waals surface area contributed by atoms with Crippen LogP contribution >= 0.6 is 11.3 Å². The van der Waals surface area contributed by atoms with Crippen LogP contribution in [0, 0.1) is 0 Å². The highest BCUT2D eigenvalue weighted by Gasteiger charge is 2.38. The van der Waals surface area contributed by atoms with E-state index >= 15 is 0 Å². The topological polar surface area (TPSA) is 37.8 Å². The number of thiophene rings is 1. The first-order chi connectivity index (χ1) is 9.42. The lowest BCUT2D eigenvalue weighted by atomic mass is 10.1. The second kappa shape index (κ2) is 4.31. The molecule has 1 aliphatic carbocycles. The Morgan fingerprint density at radius 3 is 2.89 bits per heavy atom. The van der Waals surface area contributed by atoms with Crippen molar-refractivity contribution in [1.82, 2.24) is 9.97 Å². The summed E-state index contributed by atoms with van der Waals surface area (Å²) in [6, 6.07) is 13.2. The number of rotatable bonds is 3. The summed E-state index contributed by atoms with van der Waals surface area (Å²) in [4.78, 5) is 8.64. The molecule has 3 nitrogen and oxygen atoms in total. The molecule has 0 amide bonds. The number of nitrogens with one attached hydrogen (secondary N) is 1. The molecule has 0 aliphatic heterocycles. The Balaban J connectivity index is 1.56. The molecule has 2 unspecified atom stereocenters. The summed E-state index contributed by atoms with van der Waals surface area (Å²) < 4.78 is 1.15. The van der Waals surface area contributed by atoms with Gasteiger partial charge in [0.05, 0.1) is 10.2 Å². The zero-order valence-electron chi connectivity index (χ0n) is 10.3. The summed E-state index contributed by atoms with van der Waals surface area (Å²) in [6.45, 7) is 0. The van der Waals surface area contributed by atoms with E-state index in [9.17, 15) is 0 Å². The molecular weight excluding hydrogens is 254 g/mol. The Morgan fingerprint density at radius 1 is 1.11 bits per heavy atom. The molecule has 2 aromatic heterocycles. The third-order valence-corrected chi connectivity index (χ3v) is 4.49. The predicted octanol–water partition coefficient (Wildman–Crippen LogP) is 3.66. The molecule has 1 N–H and O–H groups in total. The average molecular weight is 267 g/mol. The van der Waals surface area contributed by atoms with Crippen LogP contribution in [0.2, 0.25) is 0 Å². The van der Waals surface area contributed by atoms with Gasteiger partial charge in [0.25, 0.3) is 0 Å². The second-order valence-corrected chi connectivity index (χ2v) is 5.78. The van der Waals surface area contributed by atoms with E-state index in [4.69, 9.17) is 0 Å². The zero-order chi connectivity index (χ0) is 12.7. The molecule has 1 aromatic carbocycles. The van der Waals surface area contributed by atoms with Gasteiger partial charge >= 0.3 is 0 Å². The van der Waals surface area contributed by atoms with Gasteiger partial charge < -0.3 is 5.32 Å². The van der Waals surface area contributed by atoms with Crippen molar-refractivity contribution in [3.63, 3.8) is 0 Å². The standard InChI is InChI=1S/C15H13N3S/c1-2-4-10(5-3-1)11-8-13(11)18-15-14-12(6-7-19-14)16-9-17-15/h1-7,9,11,13H,8H2,(H,16,17,18). The van der Waals surface area contributed by atoms with Gasteiger partial charge in [0.1, 0.15) is 12.1 Å². The van der Waals surface area contributed by atoms with Crippen LogP contribution < -0.4 is 5.32 Å². The largest absolute Gasteiger partial charge is 0.365 e. The molecule has 0 radical (unpaired) electrons. The van der Waals surface area contributed by atoms with Gasteiger partial charge in [-0.1, -0.05) is 30.3 Å². The number of benzene rings is 1. The molecule has 3 aromatic rings. The maximum Gasteiger partial charge on any atom is 0.147 e. The minimum Gasteiger partial charge on any atom is -0.365 e. The molecule has 0 bridgehead atoms. The van der Waals surface area contributed by atoms with Crippen molar-refractivity contribution in [3.05, 3.63) is 53.7 Å². The molecule has 0 saturated heterocycles. The normalized spacial score (nSPS) is 21.5. The molecule has 19 heavy (non-hydrogen) atoms. The van der Waals surface area contributed by atoms with Gasteiger partial charge in [-0.3, -0.25) is 0 Å². The van der Waals surface area contributed by atoms with E-state index in [2.05, 4.69) is 51.0 Å². The summed E-state index contributed by atoms with van der Waals surface area (Å²) in [7, 11) is 0. The van der Waals surface area contributed by atoms with Gasteiger partial charge in [0.15, 0.2) is 0 Å². The first kappa shape index (κ1) is 10.9. The molecule has 0 spiro atoms. The molecule has 94 valence electrons. The van der Waals surface area contributed by atoms with Gasteiger partial charge in [-0.05, 0) is 23.4 Å². The van der Waals surface area contributed by atoms with Crippen molar-refractivity contribution in [2.75, 3.05) is 5.32 Å². The molecule has 4 heteroatoms. The maximum absolute atomic E-state index is 4.38. The van der Waals surface area contributed by atoms with E-state index in [1.807, 2.05) is 6.07 Å². The predicted molar refractivity (Wildman–Crippen MR) is 78.6 cm³/mol. The van der Waals surface area contributed by atoms with Crippen molar-refractivity contribution < 1.29 is 0 Å². The van der Waals surface area contributed by atoms with Crippen molar-refractivity contribution in [2.45, 2.75) is 18.4 Å². The SMILES string of the molecule is c1ccc(C2CC2Nc2ncnc3ccsc23)cc1. The second-order valence-electron chi connectivity index (χ2n) is 4.86. The summed E-state index contributed by atoms with van der Waals surface area (Å²) in [6.07, 6.45) is 2.82. The molecular formula is C15H13N3S. The van der Waals surface area contributed by atoms with E-state index < -0.39 is 0 Å². The molecule has 1 fully saturated rings. The highest BCUT2D eigenvalue weighted by molar-refractivity contribution is 7.17. The smallest absolute Gasteiger partial charge is 0.147 e. The summed E-state index contributed by atoms with van der Waals surface area (Å²) >= 11 is 1.69. The lowest BCUT2D eigenvalue weighted by Crippen LogP contribution is -2.06. The number of anilines is 1. The van der Waals surface area contributed by atoms with E-state index in [0.29, 0.717) is 12.0 Å². The summed E-state index contributed by atoms with van der Waals surface area (Å²) in [5, 5.41) is 5.61. The minimum atomic E-state index is 0.502. The molecule has 2 heterocycles. The van der Waals surface area contributed by atoms with Gasteiger partial charge in [0, 0.05) is 12.0 Å². The van der Waals surface area contributed by atoms with Gasteiger partial charge in [-0.25, -0.2) is 9.97 Å². The number of aromatic nitrogens is 2. The van der Waals surface area contributed by atoms with Crippen molar-refractivity contribution >= 4 is 27.4 Å². The van der Waals surface area contributed by atoms with Crippen molar-refractivity contribution in [2.24, 2.45) is 0 Å². The average Bonchev–Trinajstić information content (AvgIpc) is 3.05. The molecule has 2 atom stereocenters. The van der Waals surface area contributed by atoms with Crippen molar-refractivity contribution in [1.29, 1.82) is 0 Å². The zero-order valence-corrected chi connectivity index (χ0v) is 11.1. The highest BCUT2D eigenvalue weighted by Crippen LogP contribution is 2.43. The van der Waals surface area contributed by atoms with Crippen LogP contribution in [-0.2, 0) is 0 Å². The first-order valence-corrected chi connectivity index (χ1v) is 7.29. The number of nitrogens with zero attached hydrogens (tertiary/aromatic N) is 2. The van der Waals surface area contributed by atoms with Crippen LogP contribution in [0.1, 0.15) is 17.9 Å². The quantitative estimate of drug-likeness (QED) is 0.787. The minimum absolute atomic E-state index is 0.502. The lowest BCUT2D eigenvalue weighted by Gasteiger charge is -2.05. The van der Waals surface area contributed by atoms with Crippen LogP contribution in [0.3, 0.4) is 0 Å². The summed E-state index contributed by atoms with van der Waals surface area (Å²) in [5.74, 6) is 1.59. The maximum atomic E-state index is 4.38. The molecule has 1 aliphatic rings. The third kappa shape index (κ3) is 1.98. The Bertz CT molecular complexity index is 707.